The summed E-state index contributed by atoms with van der Waals surface area (Å²) < 4.78 is 9.96. The number of carbonyl (C=O) groups is 2. The first-order valence-electron chi connectivity index (χ1n) is 8.15. The molecule has 0 rings (SSSR count). The molecule has 0 radical (unpaired) electrons. The molecular formula is C17H29NO4. The maximum absolute atomic E-state index is 12.1. The van der Waals surface area contributed by atoms with Crippen LogP contribution in [0.2, 0.25) is 0 Å². The third-order valence-corrected chi connectivity index (χ3v) is 3.64. The number of ether oxygens (including phenoxy) is 2. The van der Waals surface area contributed by atoms with Gasteiger partial charge in [0.2, 0.25) is 0 Å². The molecule has 0 amide bonds. The highest BCUT2D eigenvalue weighted by Gasteiger charge is 2.34. The average molecular weight is 311 g/mol. The second kappa shape index (κ2) is 11.1. The number of unbranched alkanes of at least 4 members (excludes halogenated alkanes) is 2. The topological polar surface area (TPSA) is 76.4 Å². The lowest BCUT2D eigenvalue weighted by Gasteiger charge is -2.26. The number of nitrogens with zero attached hydrogens (tertiary/aromatic N) is 1. The van der Waals surface area contributed by atoms with Crippen molar-refractivity contribution in [3.8, 4) is 6.07 Å². The van der Waals surface area contributed by atoms with Crippen LogP contribution >= 0.6 is 0 Å². The van der Waals surface area contributed by atoms with Crippen LogP contribution in [0.3, 0.4) is 0 Å². The van der Waals surface area contributed by atoms with Gasteiger partial charge in [0.05, 0.1) is 37.0 Å². The van der Waals surface area contributed by atoms with Gasteiger partial charge < -0.3 is 9.47 Å². The van der Waals surface area contributed by atoms with Crippen molar-refractivity contribution in [3.05, 3.63) is 0 Å². The summed E-state index contributed by atoms with van der Waals surface area (Å²) in [5, 5.41) is 9.46. The molecule has 0 N–H and O–H groups in total. The van der Waals surface area contributed by atoms with Gasteiger partial charge in [0.1, 0.15) is 0 Å². The molecule has 0 aromatic rings. The quantitative estimate of drug-likeness (QED) is 0.430. The van der Waals surface area contributed by atoms with Crippen LogP contribution < -0.4 is 0 Å². The second-order valence-corrected chi connectivity index (χ2v) is 5.79. The fourth-order valence-electron chi connectivity index (χ4n) is 2.43. The predicted molar refractivity (Wildman–Crippen MR) is 83.9 cm³/mol. The van der Waals surface area contributed by atoms with Crippen molar-refractivity contribution in [1.29, 1.82) is 5.26 Å². The molecular weight excluding hydrogens is 282 g/mol. The van der Waals surface area contributed by atoms with Crippen LogP contribution in [0, 0.1) is 22.7 Å². The van der Waals surface area contributed by atoms with Gasteiger partial charge in [-0.05, 0) is 33.6 Å². The Labute approximate surface area is 134 Å². The maximum atomic E-state index is 12.1. The fraction of sp³-hybridized carbons (Fsp3) is 0.824. The van der Waals surface area contributed by atoms with E-state index in [9.17, 15) is 14.9 Å². The van der Waals surface area contributed by atoms with Gasteiger partial charge in [-0.2, -0.15) is 5.26 Å². The summed E-state index contributed by atoms with van der Waals surface area (Å²) in [5.74, 6) is -1.47. The minimum Gasteiger partial charge on any atom is -0.466 e. The molecule has 0 saturated carbocycles. The van der Waals surface area contributed by atoms with Crippen molar-refractivity contribution in [3.63, 3.8) is 0 Å². The zero-order valence-corrected chi connectivity index (χ0v) is 14.3. The molecule has 0 fully saturated rings. The van der Waals surface area contributed by atoms with Crippen molar-refractivity contribution >= 4 is 11.9 Å². The normalized spacial score (nSPS) is 14.5. The molecule has 0 heterocycles. The largest absolute Gasteiger partial charge is 0.466 e. The smallest absolute Gasteiger partial charge is 0.309 e. The van der Waals surface area contributed by atoms with E-state index in [0.717, 1.165) is 25.7 Å². The molecule has 0 saturated heterocycles. The number of carbonyl (C=O) groups excluding carboxylic acids is 2. The summed E-state index contributed by atoms with van der Waals surface area (Å²) in [5.41, 5.74) is -0.626. The second-order valence-electron chi connectivity index (χ2n) is 5.79. The lowest BCUT2D eigenvalue weighted by Crippen LogP contribution is -2.28. The van der Waals surface area contributed by atoms with E-state index in [4.69, 9.17) is 9.47 Å². The molecule has 0 aliphatic carbocycles. The van der Waals surface area contributed by atoms with Crippen LogP contribution in [0.1, 0.15) is 66.2 Å². The van der Waals surface area contributed by atoms with E-state index >= 15 is 0 Å². The highest BCUT2D eigenvalue weighted by Crippen LogP contribution is 2.33. The number of hydrogen-bond donors (Lipinski definition) is 0. The van der Waals surface area contributed by atoms with Crippen LogP contribution in [0.5, 0.6) is 0 Å². The minimum atomic E-state index is -0.626. The first kappa shape index (κ1) is 20.4. The van der Waals surface area contributed by atoms with E-state index in [-0.39, 0.29) is 19.6 Å². The first-order valence-corrected chi connectivity index (χ1v) is 8.15. The lowest BCUT2D eigenvalue weighted by molar-refractivity contribution is -0.155. The fourth-order valence-corrected chi connectivity index (χ4v) is 2.43. The van der Waals surface area contributed by atoms with E-state index in [1.807, 2.05) is 6.92 Å². The van der Waals surface area contributed by atoms with E-state index in [2.05, 4.69) is 13.0 Å². The number of rotatable bonds is 11. The summed E-state index contributed by atoms with van der Waals surface area (Å²) in [6, 6.07) is 2.31. The molecule has 126 valence electrons. The third kappa shape index (κ3) is 8.02. The van der Waals surface area contributed by atoms with Crippen molar-refractivity contribution < 1.29 is 19.1 Å². The Morgan fingerprint density at radius 2 is 1.77 bits per heavy atom. The van der Waals surface area contributed by atoms with Crippen LogP contribution in [0.4, 0.5) is 0 Å². The van der Waals surface area contributed by atoms with Crippen molar-refractivity contribution in [2.75, 3.05) is 13.2 Å². The van der Waals surface area contributed by atoms with Crippen LogP contribution in [0.15, 0.2) is 0 Å². The van der Waals surface area contributed by atoms with Crippen molar-refractivity contribution in [1.82, 2.24) is 0 Å². The lowest BCUT2D eigenvalue weighted by atomic mass is 9.77. The van der Waals surface area contributed by atoms with Gasteiger partial charge in [-0.25, -0.2) is 0 Å². The zero-order valence-electron chi connectivity index (χ0n) is 14.3. The molecule has 2 unspecified atom stereocenters. The summed E-state index contributed by atoms with van der Waals surface area (Å²) in [6.07, 6.45) is 4.08. The average Bonchev–Trinajstić information content (AvgIpc) is 2.47. The monoisotopic (exact) mass is 311 g/mol. The van der Waals surface area contributed by atoms with Crippen LogP contribution in [-0.2, 0) is 19.1 Å². The molecule has 0 aromatic heterocycles. The van der Waals surface area contributed by atoms with Gasteiger partial charge in [0.25, 0.3) is 0 Å². The molecule has 0 aliphatic rings. The highest BCUT2D eigenvalue weighted by molar-refractivity contribution is 5.80. The van der Waals surface area contributed by atoms with Crippen LogP contribution in [-0.4, -0.2) is 25.2 Å². The molecule has 22 heavy (non-hydrogen) atoms. The predicted octanol–water partition coefficient (Wildman–Crippen LogP) is 3.62. The van der Waals surface area contributed by atoms with E-state index in [1.54, 1.807) is 13.8 Å². The number of hydrogen-bond acceptors (Lipinski definition) is 5. The molecule has 0 spiro atoms. The standard InChI is InChI=1S/C17H29NO4/c1-5-8-9-10-17(4,13-18)12-14(16(20)22-7-3)11-15(19)21-6-2/h14H,5-12H2,1-4H3. The van der Waals surface area contributed by atoms with Gasteiger partial charge >= 0.3 is 11.9 Å². The Bertz CT molecular complexity index is 389. The summed E-state index contributed by atoms with van der Waals surface area (Å²) in [7, 11) is 0. The van der Waals surface area contributed by atoms with E-state index < -0.39 is 23.3 Å². The van der Waals surface area contributed by atoms with E-state index in [1.165, 1.54) is 0 Å². The van der Waals surface area contributed by atoms with Crippen molar-refractivity contribution in [2.24, 2.45) is 11.3 Å². The Morgan fingerprint density at radius 1 is 1.14 bits per heavy atom. The minimum absolute atomic E-state index is 0.0300. The van der Waals surface area contributed by atoms with Crippen LogP contribution in [0.25, 0.3) is 0 Å². The van der Waals surface area contributed by atoms with Crippen molar-refractivity contribution in [2.45, 2.75) is 66.2 Å². The third-order valence-electron chi connectivity index (χ3n) is 3.64. The molecule has 5 heteroatoms. The summed E-state index contributed by atoms with van der Waals surface area (Å²) in [4.78, 5) is 23.8. The van der Waals surface area contributed by atoms with Gasteiger partial charge in [-0.15, -0.1) is 0 Å². The molecule has 2 atom stereocenters. The van der Waals surface area contributed by atoms with Gasteiger partial charge in [-0.3, -0.25) is 9.59 Å². The summed E-state index contributed by atoms with van der Waals surface area (Å²) >= 11 is 0. The van der Waals surface area contributed by atoms with Gasteiger partial charge in [-0.1, -0.05) is 26.2 Å². The van der Waals surface area contributed by atoms with Gasteiger partial charge in [0, 0.05) is 0 Å². The number of nitriles is 1. The SMILES string of the molecule is CCCCCC(C)(C#N)CC(CC(=O)OCC)C(=O)OCC. The maximum Gasteiger partial charge on any atom is 0.309 e. The Morgan fingerprint density at radius 3 is 2.27 bits per heavy atom. The zero-order chi connectivity index (χ0) is 17.0. The van der Waals surface area contributed by atoms with E-state index in [0.29, 0.717) is 6.42 Å². The Hall–Kier alpha value is -1.57. The number of esters is 2. The molecule has 0 aliphatic heterocycles. The molecule has 0 bridgehead atoms. The first-order chi connectivity index (χ1) is 10.4. The highest BCUT2D eigenvalue weighted by atomic mass is 16.5. The Kier molecular flexibility index (Phi) is 10.3. The Balaban J connectivity index is 4.87. The molecule has 5 nitrogen and oxygen atoms in total. The summed E-state index contributed by atoms with van der Waals surface area (Å²) in [6.45, 7) is 7.94. The van der Waals surface area contributed by atoms with Gasteiger partial charge in [0.15, 0.2) is 0 Å². The molecule has 0 aromatic carbocycles.